The van der Waals surface area contributed by atoms with Crippen LogP contribution < -0.4 is 10.1 Å². The molecule has 3 aliphatic rings. The Kier molecular flexibility index (Phi) is 4.12. The van der Waals surface area contributed by atoms with Crippen LogP contribution in [0.25, 0.3) is 22.3 Å². The lowest BCUT2D eigenvalue weighted by atomic mass is 10.0. The van der Waals surface area contributed by atoms with Crippen molar-refractivity contribution < 1.29 is 14.6 Å². The molecule has 2 aromatic heterocycles. The van der Waals surface area contributed by atoms with Crippen molar-refractivity contribution in [3.05, 3.63) is 42.2 Å². The van der Waals surface area contributed by atoms with Crippen molar-refractivity contribution in [2.75, 3.05) is 6.54 Å². The summed E-state index contributed by atoms with van der Waals surface area (Å²) in [6.07, 6.45) is 6.17. The highest BCUT2D eigenvalue weighted by atomic mass is 16.5. The molecule has 3 aromatic rings. The minimum Gasteiger partial charge on any atom is -0.473 e. The van der Waals surface area contributed by atoms with Crippen LogP contribution in [-0.4, -0.2) is 38.2 Å². The number of hydrogen-bond donors (Lipinski definition) is 2. The van der Waals surface area contributed by atoms with Crippen LogP contribution in [0.1, 0.15) is 50.6 Å². The fourth-order valence-electron chi connectivity index (χ4n) is 4.47. The van der Waals surface area contributed by atoms with Crippen molar-refractivity contribution in [2.45, 2.75) is 56.8 Å². The SMILES string of the molecule is C[C@@H](Oc1nc(-c2ccc(C3(O)CC3)cc2)cc2ncn(C3CC3)c12)[C@H]1CNC(=O)C1. The molecule has 7 nitrogen and oxygen atoms in total. The summed E-state index contributed by atoms with van der Waals surface area (Å²) in [5.74, 6) is 0.783. The summed E-state index contributed by atoms with van der Waals surface area (Å²) in [4.78, 5) is 21.2. The fourth-order valence-corrected chi connectivity index (χ4v) is 4.47. The Bertz CT molecular complexity index is 1160. The van der Waals surface area contributed by atoms with Crippen LogP contribution in [0.3, 0.4) is 0 Å². The maximum absolute atomic E-state index is 11.7. The Labute approximate surface area is 180 Å². The molecular weight excluding hydrogens is 392 g/mol. The second-order valence-corrected chi connectivity index (χ2v) is 9.26. The first-order chi connectivity index (χ1) is 15.0. The van der Waals surface area contributed by atoms with Crippen molar-refractivity contribution in [1.82, 2.24) is 19.9 Å². The molecule has 2 N–H and O–H groups in total. The van der Waals surface area contributed by atoms with Crippen LogP contribution in [0.5, 0.6) is 5.88 Å². The van der Waals surface area contributed by atoms with Crippen molar-refractivity contribution in [3.8, 4) is 17.1 Å². The van der Waals surface area contributed by atoms with Crippen LogP contribution in [0.4, 0.5) is 0 Å². The normalized spacial score (nSPS) is 23.0. The minimum absolute atomic E-state index is 0.0766. The number of carbonyl (C=O) groups excluding carboxylic acids is 1. The monoisotopic (exact) mass is 418 g/mol. The molecule has 31 heavy (non-hydrogen) atoms. The Morgan fingerprint density at radius 3 is 2.68 bits per heavy atom. The predicted octanol–water partition coefficient (Wildman–Crippen LogP) is 3.32. The molecule has 1 saturated heterocycles. The zero-order chi connectivity index (χ0) is 21.2. The highest BCUT2D eigenvalue weighted by Gasteiger charge is 2.42. The fraction of sp³-hybridized carbons (Fsp3) is 0.458. The molecule has 7 heteroatoms. The third kappa shape index (κ3) is 3.37. The number of ether oxygens (including phenoxy) is 1. The molecule has 0 spiro atoms. The first-order valence-electron chi connectivity index (χ1n) is 11.1. The lowest BCUT2D eigenvalue weighted by Crippen LogP contribution is -2.26. The Morgan fingerprint density at radius 2 is 2.03 bits per heavy atom. The topological polar surface area (TPSA) is 89.3 Å². The number of benzene rings is 1. The van der Waals surface area contributed by atoms with Gasteiger partial charge in [0.25, 0.3) is 0 Å². The number of rotatable bonds is 6. The number of pyridine rings is 1. The second kappa shape index (κ2) is 6.79. The maximum Gasteiger partial charge on any atom is 0.241 e. The standard InChI is InChI=1S/C24H26N4O3/c1-14(16-10-21(29)25-12-16)31-23-22-20(26-13-28(22)18-6-7-18)11-19(27-23)15-2-4-17(5-3-15)24(30)8-9-24/h2-5,11,13-14,16,18,30H,6-10,12H2,1H3,(H,25,29)/t14-,16-/m1/s1. The highest BCUT2D eigenvalue weighted by molar-refractivity contribution is 5.85. The van der Waals surface area contributed by atoms with Crippen molar-refractivity contribution in [1.29, 1.82) is 0 Å². The van der Waals surface area contributed by atoms with E-state index in [1.165, 1.54) is 0 Å². The molecule has 2 atom stereocenters. The van der Waals surface area contributed by atoms with E-state index in [-0.39, 0.29) is 17.9 Å². The largest absolute Gasteiger partial charge is 0.473 e. The molecule has 0 unspecified atom stereocenters. The Balaban J connectivity index is 1.38. The van der Waals surface area contributed by atoms with E-state index >= 15 is 0 Å². The van der Waals surface area contributed by atoms with E-state index in [4.69, 9.17) is 9.72 Å². The van der Waals surface area contributed by atoms with Gasteiger partial charge in [-0.3, -0.25) is 4.79 Å². The molecule has 160 valence electrons. The Hall–Kier alpha value is -2.93. The number of fused-ring (bicyclic) bond motifs is 1. The second-order valence-electron chi connectivity index (χ2n) is 9.26. The summed E-state index contributed by atoms with van der Waals surface area (Å²) < 4.78 is 8.56. The van der Waals surface area contributed by atoms with Crippen LogP contribution in [0.15, 0.2) is 36.7 Å². The summed E-state index contributed by atoms with van der Waals surface area (Å²) in [6, 6.07) is 10.4. The number of amides is 1. The molecular formula is C24H26N4O3. The molecule has 1 amide bonds. The molecule has 2 saturated carbocycles. The van der Waals surface area contributed by atoms with Gasteiger partial charge in [0.05, 0.1) is 23.1 Å². The van der Waals surface area contributed by atoms with E-state index in [1.54, 1.807) is 0 Å². The van der Waals surface area contributed by atoms with Crippen LogP contribution in [0.2, 0.25) is 0 Å². The smallest absolute Gasteiger partial charge is 0.241 e. The number of carbonyl (C=O) groups is 1. The summed E-state index contributed by atoms with van der Waals surface area (Å²) in [5.41, 5.74) is 3.87. The highest BCUT2D eigenvalue weighted by Crippen LogP contribution is 2.45. The van der Waals surface area contributed by atoms with E-state index < -0.39 is 5.60 Å². The van der Waals surface area contributed by atoms with Crippen molar-refractivity contribution in [2.24, 2.45) is 5.92 Å². The van der Waals surface area contributed by atoms with Gasteiger partial charge in [-0.05, 0) is 44.2 Å². The summed E-state index contributed by atoms with van der Waals surface area (Å²) >= 11 is 0. The Morgan fingerprint density at radius 1 is 1.26 bits per heavy atom. The van der Waals surface area contributed by atoms with E-state index in [9.17, 15) is 9.90 Å². The third-order valence-electron chi connectivity index (χ3n) is 6.87. The first-order valence-corrected chi connectivity index (χ1v) is 11.1. The zero-order valence-electron chi connectivity index (χ0n) is 17.5. The van der Waals surface area contributed by atoms with E-state index in [0.29, 0.717) is 24.9 Å². The number of aliphatic hydroxyl groups is 1. The number of imidazole rings is 1. The van der Waals surface area contributed by atoms with Crippen molar-refractivity contribution in [3.63, 3.8) is 0 Å². The maximum atomic E-state index is 11.7. The lowest BCUT2D eigenvalue weighted by molar-refractivity contribution is -0.119. The van der Waals surface area contributed by atoms with Gasteiger partial charge in [0.15, 0.2) is 0 Å². The van der Waals surface area contributed by atoms with Gasteiger partial charge in [0, 0.05) is 30.5 Å². The number of nitrogens with zero attached hydrogens (tertiary/aromatic N) is 3. The predicted molar refractivity (Wildman–Crippen MR) is 116 cm³/mol. The minimum atomic E-state index is -0.643. The van der Waals surface area contributed by atoms with Gasteiger partial charge in [0.2, 0.25) is 11.8 Å². The van der Waals surface area contributed by atoms with Gasteiger partial charge in [-0.25, -0.2) is 9.97 Å². The van der Waals surface area contributed by atoms with E-state index in [0.717, 1.165) is 53.5 Å². The number of nitrogens with one attached hydrogen (secondary N) is 1. The van der Waals surface area contributed by atoms with Gasteiger partial charge in [-0.1, -0.05) is 24.3 Å². The van der Waals surface area contributed by atoms with Gasteiger partial charge in [-0.15, -0.1) is 0 Å². The first kappa shape index (κ1) is 18.8. The van der Waals surface area contributed by atoms with Gasteiger partial charge < -0.3 is 19.7 Å². The molecule has 0 radical (unpaired) electrons. The molecule has 6 rings (SSSR count). The molecule has 2 aliphatic carbocycles. The average Bonchev–Trinajstić information content (AvgIpc) is 3.67. The average molecular weight is 418 g/mol. The van der Waals surface area contributed by atoms with E-state index in [2.05, 4.69) is 14.9 Å². The lowest BCUT2D eigenvalue weighted by Gasteiger charge is -2.20. The van der Waals surface area contributed by atoms with Gasteiger partial charge in [-0.2, -0.15) is 0 Å². The molecule has 3 heterocycles. The van der Waals surface area contributed by atoms with Crippen LogP contribution in [0, 0.1) is 5.92 Å². The summed E-state index contributed by atoms with van der Waals surface area (Å²) in [7, 11) is 0. The van der Waals surface area contributed by atoms with E-state index in [1.807, 2.05) is 43.6 Å². The van der Waals surface area contributed by atoms with Crippen LogP contribution in [-0.2, 0) is 10.4 Å². The number of hydrogen-bond acceptors (Lipinski definition) is 5. The summed E-state index contributed by atoms with van der Waals surface area (Å²) in [5, 5.41) is 13.2. The van der Waals surface area contributed by atoms with Crippen molar-refractivity contribution >= 4 is 16.9 Å². The van der Waals surface area contributed by atoms with Gasteiger partial charge in [0.1, 0.15) is 11.6 Å². The molecule has 1 aromatic carbocycles. The quantitative estimate of drug-likeness (QED) is 0.641. The van der Waals surface area contributed by atoms with Crippen LogP contribution >= 0.6 is 0 Å². The summed E-state index contributed by atoms with van der Waals surface area (Å²) in [6.45, 7) is 2.64. The molecule has 3 fully saturated rings. The molecule has 1 aliphatic heterocycles. The molecule has 0 bridgehead atoms. The van der Waals surface area contributed by atoms with Gasteiger partial charge >= 0.3 is 0 Å². The number of aromatic nitrogens is 3. The third-order valence-corrected chi connectivity index (χ3v) is 6.87. The zero-order valence-corrected chi connectivity index (χ0v) is 17.5.